The third kappa shape index (κ3) is 1510. The molecular weight excluding hydrogens is 103 g/mol. The Kier molecular flexibility index (Phi) is 1.09. The Balaban J connectivity index is 3.47. The van der Waals surface area contributed by atoms with E-state index in [1.165, 1.54) is 0 Å². The molecule has 0 aliphatic rings. The Bertz CT molecular complexity index is 49.8. The fourth-order valence-electron chi connectivity index (χ4n) is 0. The molecular formula is H3O4P. The van der Waals surface area contributed by atoms with Crippen molar-refractivity contribution in [3.05, 3.63) is 0 Å². The van der Waals surface area contributed by atoms with E-state index >= 15 is 0 Å². The van der Waals surface area contributed by atoms with Gasteiger partial charge in [0.25, 0.3) is 0 Å². The molecule has 0 radical (unpaired) electrons. The van der Waals surface area contributed by atoms with Crippen molar-refractivity contribution in [1.82, 2.24) is 0 Å². The van der Waals surface area contributed by atoms with E-state index in [0.29, 0.717) is 0 Å². The summed E-state index contributed by atoms with van der Waals surface area (Å²) in [5.41, 5.74) is 0. The SMILES string of the molecule is [18O]=P([18OH])([18OH])[18OH]. The maximum absolute atomic E-state index is 8.88. The molecule has 0 fully saturated rings. The first-order chi connectivity index (χ1) is 2.00. The molecule has 3 N–H and O–H groups in total. The van der Waals surface area contributed by atoms with Gasteiger partial charge in [-0.05, 0) is 0 Å². The van der Waals surface area contributed by atoms with Crippen LogP contribution in [0.1, 0.15) is 0 Å². The van der Waals surface area contributed by atoms with E-state index in [-0.39, 0.29) is 0 Å². The average molecular weight is 106 g/mol. The van der Waals surface area contributed by atoms with Crippen LogP contribution in [0, 0.1) is 0 Å². The van der Waals surface area contributed by atoms with Gasteiger partial charge in [0, 0.05) is 0 Å². The van der Waals surface area contributed by atoms with Gasteiger partial charge in [-0.1, -0.05) is 0 Å². The van der Waals surface area contributed by atoms with Crippen LogP contribution in [-0.2, 0) is 4.57 Å². The second-order valence-electron chi connectivity index (χ2n) is 0.513. The van der Waals surface area contributed by atoms with Crippen LogP contribution in [0.3, 0.4) is 0 Å². The van der Waals surface area contributed by atoms with Crippen molar-refractivity contribution in [2.75, 3.05) is 0 Å². The molecule has 4 nitrogen and oxygen atoms in total. The quantitative estimate of drug-likeness (QED) is 0.275. The van der Waals surface area contributed by atoms with Crippen LogP contribution in [0.2, 0.25) is 0 Å². The van der Waals surface area contributed by atoms with E-state index in [2.05, 4.69) is 0 Å². The minimum atomic E-state index is -4.64. The van der Waals surface area contributed by atoms with Gasteiger partial charge in [0.15, 0.2) is 0 Å². The Morgan fingerprint density at radius 2 is 1.20 bits per heavy atom. The van der Waals surface area contributed by atoms with E-state index < -0.39 is 7.82 Å². The Morgan fingerprint density at radius 3 is 1.20 bits per heavy atom. The zero-order valence-electron chi connectivity index (χ0n) is 2.20. The van der Waals surface area contributed by atoms with Crippen LogP contribution in [0.5, 0.6) is 0 Å². The summed E-state index contributed by atoms with van der Waals surface area (Å²) in [5, 5.41) is 0. The molecule has 0 aromatic heterocycles. The smallest absolute Gasteiger partial charge is 0.303 e. The van der Waals surface area contributed by atoms with Crippen molar-refractivity contribution < 1.29 is 19.2 Å². The molecule has 0 saturated heterocycles. The van der Waals surface area contributed by atoms with Crippen molar-refractivity contribution in [2.24, 2.45) is 0 Å². The van der Waals surface area contributed by atoms with Gasteiger partial charge in [0.2, 0.25) is 0 Å². The Labute approximate surface area is 28.3 Å². The second-order valence-corrected chi connectivity index (χ2v) is 1.54. The number of hydrogen-bond acceptors (Lipinski definition) is 1. The van der Waals surface area contributed by atoms with Crippen LogP contribution in [0.4, 0.5) is 0 Å². The molecule has 0 amide bonds. The molecule has 0 saturated carbocycles. The van der Waals surface area contributed by atoms with E-state index in [9.17, 15) is 0 Å². The summed E-state index contributed by atoms with van der Waals surface area (Å²) in [6.07, 6.45) is 0. The van der Waals surface area contributed by atoms with Crippen LogP contribution < -0.4 is 0 Å². The van der Waals surface area contributed by atoms with Gasteiger partial charge in [-0.3, -0.25) is 0 Å². The highest BCUT2D eigenvalue weighted by atomic mass is 31.2. The van der Waals surface area contributed by atoms with Crippen LogP contribution in [0.15, 0.2) is 0 Å². The second kappa shape index (κ2) is 1.06. The molecule has 5 heteroatoms. The van der Waals surface area contributed by atoms with Gasteiger partial charge >= 0.3 is 7.82 Å². The minimum absolute atomic E-state index is 4.64. The van der Waals surface area contributed by atoms with Crippen LogP contribution >= 0.6 is 7.82 Å². The van der Waals surface area contributed by atoms with E-state index in [1.807, 2.05) is 0 Å². The van der Waals surface area contributed by atoms with Crippen molar-refractivity contribution in [3.8, 4) is 0 Å². The monoisotopic (exact) mass is 106 g/mol. The predicted octanol–water partition coefficient (Wildman–Crippen LogP) is -0.929. The Morgan fingerprint density at radius 1 is 1.20 bits per heavy atom. The molecule has 0 heterocycles. The third-order valence-corrected chi connectivity index (χ3v) is 0. The zero-order valence-corrected chi connectivity index (χ0v) is 3.09. The summed E-state index contributed by atoms with van der Waals surface area (Å²) in [5.74, 6) is 0. The maximum atomic E-state index is 8.88. The van der Waals surface area contributed by atoms with Crippen molar-refractivity contribution >= 4 is 7.82 Å². The summed E-state index contributed by atoms with van der Waals surface area (Å²) in [6, 6.07) is 0. The predicted molar refractivity (Wildman–Crippen MR) is 14.3 cm³/mol. The van der Waals surface area contributed by atoms with Crippen LogP contribution in [0.25, 0.3) is 0 Å². The topological polar surface area (TPSA) is 77.8 Å². The molecule has 0 bridgehead atoms. The number of rotatable bonds is 0. The Hall–Kier alpha value is 0.110. The van der Waals surface area contributed by atoms with Crippen LogP contribution in [-0.4, -0.2) is 14.7 Å². The molecule has 0 aliphatic heterocycles. The summed E-state index contributed by atoms with van der Waals surface area (Å²) >= 11 is 0. The highest BCUT2D eigenvalue weighted by molar-refractivity contribution is 7.45. The lowest BCUT2D eigenvalue weighted by Crippen LogP contribution is -1.66. The summed E-state index contributed by atoms with van der Waals surface area (Å²) < 4.78 is 8.88. The van der Waals surface area contributed by atoms with Crippen molar-refractivity contribution in [2.45, 2.75) is 0 Å². The van der Waals surface area contributed by atoms with E-state index in [0.717, 1.165) is 0 Å². The fraction of sp³-hybridized carbons (Fsp3) is 0. The summed E-state index contributed by atoms with van der Waals surface area (Å²) in [7, 11) is -4.64. The lowest BCUT2D eigenvalue weighted by molar-refractivity contribution is 0.275. The van der Waals surface area contributed by atoms with E-state index in [1.54, 1.807) is 0 Å². The van der Waals surface area contributed by atoms with Crippen molar-refractivity contribution in [3.63, 3.8) is 0 Å². The van der Waals surface area contributed by atoms with Gasteiger partial charge in [-0.25, -0.2) is 4.57 Å². The van der Waals surface area contributed by atoms with Gasteiger partial charge in [-0.15, -0.1) is 0 Å². The van der Waals surface area contributed by atoms with Gasteiger partial charge in [0.1, 0.15) is 0 Å². The molecule has 0 aromatic carbocycles. The van der Waals surface area contributed by atoms with Gasteiger partial charge < -0.3 is 14.7 Å². The lowest BCUT2D eigenvalue weighted by Gasteiger charge is -1.82. The first-order valence-corrected chi connectivity index (χ1v) is 2.35. The summed E-state index contributed by atoms with van der Waals surface area (Å²) in [4.78, 5) is 21.6. The number of hydrogen-bond donors (Lipinski definition) is 3. The lowest BCUT2D eigenvalue weighted by atomic mass is 17.7. The van der Waals surface area contributed by atoms with Crippen molar-refractivity contribution in [1.29, 1.82) is 0 Å². The fourth-order valence-corrected chi connectivity index (χ4v) is 0. The number of phosphoric acid groups is 1. The molecule has 32 valence electrons. The standard InChI is InChI=1S/H3O4P/c1-5(2,3)4/h(H3,1,2,3,4)/i1+2,2+2,3+2,4+2. The molecule has 0 unspecified atom stereocenters. The molecule has 5 heavy (non-hydrogen) atoms. The molecule has 0 aromatic rings. The molecule has 0 rings (SSSR count). The first-order valence-electron chi connectivity index (χ1n) is 0.783. The normalized spacial score (nSPS) is 11.8. The molecule has 0 aliphatic carbocycles. The van der Waals surface area contributed by atoms with E-state index in [4.69, 9.17) is 19.2 Å². The molecule has 0 atom stereocenters. The molecule has 0 spiro atoms. The average Bonchev–Trinajstić information content (AvgIpc) is 0.722. The van der Waals surface area contributed by atoms with Gasteiger partial charge in [-0.2, -0.15) is 0 Å². The maximum Gasteiger partial charge on any atom is 0.466 e. The minimum Gasteiger partial charge on any atom is -0.303 e. The highest BCUT2D eigenvalue weighted by Gasteiger charge is 2.00. The largest absolute Gasteiger partial charge is 0.466 e. The first kappa shape index (κ1) is 5.11. The van der Waals surface area contributed by atoms with Gasteiger partial charge in [0.05, 0.1) is 0 Å². The highest BCUT2D eigenvalue weighted by Crippen LogP contribution is 2.25. The zero-order chi connectivity index (χ0) is 4.50. The third-order valence-electron chi connectivity index (χ3n) is 0. The summed E-state index contributed by atoms with van der Waals surface area (Å²) in [6.45, 7) is 0.